The van der Waals surface area contributed by atoms with Gasteiger partial charge in [0.1, 0.15) is 0 Å². The molecule has 0 saturated carbocycles. The first kappa shape index (κ1) is 14.9. The normalized spacial score (nSPS) is 12.2. The molecule has 0 saturated heterocycles. The lowest BCUT2D eigenvalue weighted by molar-refractivity contribution is 0.0994. The van der Waals surface area contributed by atoms with E-state index in [1.165, 1.54) is 16.7 Å². The number of rotatable bonds is 5. The number of Topliss-reactive ketones (excluding diaryl/α,β-unsaturated/α-hetero) is 1. The molecule has 1 unspecified atom stereocenters. The standard InChI is InChI=1S/C18H20OS/c1-13-7-9-17(10-8-13)18(19)15(3)20-12-16-6-4-5-14(2)11-16/h4-11,15H,12H2,1-3H3. The molecule has 0 aliphatic carbocycles. The van der Waals surface area contributed by atoms with Crippen molar-refractivity contribution in [3.63, 3.8) is 0 Å². The number of aryl methyl sites for hydroxylation is 2. The second kappa shape index (κ2) is 6.76. The highest BCUT2D eigenvalue weighted by Crippen LogP contribution is 2.21. The Hall–Kier alpha value is -1.54. The zero-order valence-corrected chi connectivity index (χ0v) is 13.0. The number of hydrogen-bond acceptors (Lipinski definition) is 2. The molecule has 0 spiro atoms. The monoisotopic (exact) mass is 284 g/mol. The van der Waals surface area contributed by atoms with E-state index >= 15 is 0 Å². The Labute approximate surface area is 125 Å². The SMILES string of the molecule is Cc1ccc(C(=O)C(C)SCc2cccc(C)c2)cc1. The van der Waals surface area contributed by atoms with E-state index in [1.807, 2.05) is 38.1 Å². The third kappa shape index (κ3) is 3.97. The molecule has 0 radical (unpaired) electrons. The lowest BCUT2D eigenvalue weighted by Gasteiger charge is -2.11. The van der Waals surface area contributed by atoms with E-state index in [1.54, 1.807) is 11.8 Å². The number of thioether (sulfide) groups is 1. The molecule has 20 heavy (non-hydrogen) atoms. The minimum atomic E-state index is -0.0155. The molecular formula is C18H20OS. The van der Waals surface area contributed by atoms with Crippen LogP contribution in [-0.4, -0.2) is 11.0 Å². The fourth-order valence-corrected chi connectivity index (χ4v) is 2.96. The van der Waals surface area contributed by atoms with E-state index in [0.717, 1.165) is 11.3 Å². The summed E-state index contributed by atoms with van der Waals surface area (Å²) in [7, 11) is 0. The third-order valence-electron chi connectivity index (χ3n) is 3.29. The van der Waals surface area contributed by atoms with Crippen molar-refractivity contribution in [3.05, 3.63) is 70.8 Å². The van der Waals surface area contributed by atoms with Crippen molar-refractivity contribution in [1.29, 1.82) is 0 Å². The van der Waals surface area contributed by atoms with Gasteiger partial charge in [-0.25, -0.2) is 0 Å². The maximum absolute atomic E-state index is 12.3. The van der Waals surface area contributed by atoms with Crippen LogP contribution in [-0.2, 0) is 5.75 Å². The molecule has 0 aromatic heterocycles. The maximum atomic E-state index is 12.3. The van der Waals surface area contributed by atoms with Crippen LogP contribution < -0.4 is 0 Å². The summed E-state index contributed by atoms with van der Waals surface area (Å²) in [5.41, 5.74) is 4.53. The zero-order valence-electron chi connectivity index (χ0n) is 12.2. The van der Waals surface area contributed by atoms with Gasteiger partial charge in [-0.1, -0.05) is 59.7 Å². The van der Waals surface area contributed by atoms with Gasteiger partial charge in [0, 0.05) is 11.3 Å². The number of ketones is 1. The number of hydrogen-bond donors (Lipinski definition) is 0. The highest BCUT2D eigenvalue weighted by atomic mass is 32.2. The van der Waals surface area contributed by atoms with Crippen LogP contribution in [0.25, 0.3) is 0 Å². The second-order valence-electron chi connectivity index (χ2n) is 5.17. The van der Waals surface area contributed by atoms with Gasteiger partial charge in [-0.05, 0) is 26.3 Å². The molecule has 2 aromatic rings. The molecule has 2 aromatic carbocycles. The predicted molar refractivity (Wildman–Crippen MR) is 87.4 cm³/mol. The topological polar surface area (TPSA) is 17.1 Å². The second-order valence-corrected chi connectivity index (χ2v) is 6.50. The summed E-state index contributed by atoms with van der Waals surface area (Å²) in [6, 6.07) is 16.3. The summed E-state index contributed by atoms with van der Waals surface area (Å²) in [5, 5.41) is -0.0155. The fraction of sp³-hybridized carbons (Fsp3) is 0.278. The van der Waals surface area contributed by atoms with E-state index in [-0.39, 0.29) is 11.0 Å². The molecule has 0 N–H and O–H groups in total. The highest BCUT2D eigenvalue weighted by molar-refractivity contribution is 7.99. The fourth-order valence-electron chi connectivity index (χ4n) is 2.05. The minimum absolute atomic E-state index is 0.0155. The van der Waals surface area contributed by atoms with Crippen LogP contribution in [0.5, 0.6) is 0 Å². The Morgan fingerprint density at radius 1 is 1.05 bits per heavy atom. The first-order chi connectivity index (χ1) is 9.56. The van der Waals surface area contributed by atoms with Crippen LogP contribution in [0.1, 0.15) is 34.0 Å². The minimum Gasteiger partial charge on any atom is -0.293 e. The predicted octanol–water partition coefficient (Wildman–Crippen LogP) is 4.81. The lowest BCUT2D eigenvalue weighted by atomic mass is 10.1. The molecule has 1 atom stereocenters. The molecule has 2 rings (SSSR count). The average Bonchev–Trinajstić information content (AvgIpc) is 2.45. The molecule has 1 nitrogen and oxygen atoms in total. The molecule has 0 aliphatic heterocycles. The largest absolute Gasteiger partial charge is 0.293 e. The van der Waals surface area contributed by atoms with E-state index < -0.39 is 0 Å². The van der Waals surface area contributed by atoms with Crippen LogP contribution >= 0.6 is 11.8 Å². The van der Waals surface area contributed by atoms with Gasteiger partial charge in [0.05, 0.1) is 5.25 Å². The van der Waals surface area contributed by atoms with Crippen LogP contribution in [0.15, 0.2) is 48.5 Å². The number of carbonyl (C=O) groups excluding carboxylic acids is 1. The van der Waals surface area contributed by atoms with Gasteiger partial charge in [-0.15, -0.1) is 11.8 Å². The summed E-state index contributed by atoms with van der Waals surface area (Å²) in [6.45, 7) is 6.11. The van der Waals surface area contributed by atoms with E-state index in [0.29, 0.717) is 0 Å². The summed E-state index contributed by atoms with van der Waals surface area (Å²) >= 11 is 1.70. The van der Waals surface area contributed by atoms with Crippen LogP contribution in [0, 0.1) is 13.8 Å². The molecule has 0 amide bonds. The summed E-state index contributed by atoms with van der Waals surface area (Å²) < 4.78 is 0. The van der Waals surface area contributed by atoms with Crippen molar-refractivity contribution in [2.45, 2.75) is 31.8 Å². The van der Waals surface area contributed by atoms with E-state index in [2.05, 4.69) is 31.2 Å². The quantitative estimate of drug-likeness (QED) is 0.733. The molecule has 0 bridgehead atoms. The van der Waals surface area contributed by atoms with E-state index in [4.69, 9.17) is 0 Å². The Balaban J connectivity index is 1.96. The Bertz CT molecular complexity index is 587. The van der Waals surface area contributed by atoms with Gasteiger partial charge in [-0.2, -0.15) is 0 Å². The van der Waals surface area contributed by atoms with Crippen LogP contribution in [0.3, 0.4) is 0 Å². The first-order valence-corrected chi connectivity index (χ1v) is 7.89. The maximum Gasteiger partial charge on any atom is 0.175 e. The molecule has 0 fully saturated rings. The molecule has 104 valence electrons. The Kier molecular flexibility index (Phi) is 5.02. The van der Waals surface area contributed by atoms with Gasteiger partial charge in [0.2, 0.25) is 0 Å². The smallest absolute Gasteiger partial charge is 0.175 e. The molecule has 2 heteroatoms. The Morgan fingerprint density at radius 3 is 2.40 bits per heavy atom. The van der Waals surface area contributed by atoms with Crippen molar-refractivity contribution in [3.8, 4) is 0 Å². The van der Waals surface area contributed by atoms with Gasteiger partial charge in [0.25, 0.3) is 0 Å². The highest BCUT2D eigenvalue weighted by Gasteiger charge is 2.15. The van der Waals surface area contributed by atoms with Crippen molar-refractivity contribution < 1.29 is 4.79 Å². The summed E-state index contributed by atoms with van der Waals surface area (Å²) in [5.74, 6) is 1.09. The van der Waals surface area contributed by atoms with Gasteiger partial charge >= 0.3 is 0 Å². The van der Waals surface area contributed by atoms with Crippen molar-refractivity contribution in [1.82, 2.24) is 0 Å². The van der Waals surface area contributed by atoms with E-state index in [9.17, 15) is 4.79 Å². The number of carbonyl (C=O) groups is 1. The van der Waals surface area contributed by atoms with Crippen molar-refractivity contribution in [2.75, 3.05) is 0 Å². The summed E-state index contributed by atoms with van der Waals surface area (Å²) in [6.07, 6.45) is 0. The molecule has 0 heterocycles. The van der Waals surface area contributed by atoms with Gasteiger partial charge < -0.3 is 0 Å². The van der Waals surface area contributed by atoms with Crippen molar-refractivity contribution >= 4 is 17.5 Å². The number of benzene rings is 2. The lowest BCUT2D eigenvalue weighted by Crippen LogP contribution is -2.13. The van der Waals surface area contributed by atoms with Gasteiger partial charge in [0.15, 0.2) is 5.78 Å². The third-order valence-corrected chi connectivity index (χ3v) is 4.50. The van der Waals surface area contributed by atoms with Crippen molar-refractivity contribution in [2.24, 2.45) is 0 Å². The Morgan fingerprint density at radius 2 is 1.75 bits per heavy atom. The molecule has 0 aliphatic rings. The van der Waals surface area contributed by atoms with Gasteiger partial charge in [-0.3, -0.25) is 4.79 Å². The molecular weight excluding hydrogens is 264 g/mol. The zero-order chi connectivity index (χ0) is 14.5. The summed E-state index contributed by atoms with van der Waals surface area (Å²) in [4.78, 5) is 12.3. The van der Waals surface area contributed by atoms with Crippen LogP contribution in [0.2, 0.25) is 0 Å². The van der Waals surface area contributed by atoms with Crippen LogP contribution in [0.4, 0.5) is 0 Å². The first-order valence-electron chi connectivity index (χ1n) is 6.84. The average molecular weight is 284 g/mol.